The zero-order valence-electron chi connectivity index (χ0n) is 14.4. The molecule has 0 atom stereocenters. The number of likely N-dealkylation sites (N-methyl/N-ethyl adjacent to an activating group) is 1. The normalized spacial score (nSPS) is 14.3. The zero-order chi connectivity index (χ0) is 17.1. The van der Waals surface area contributed by atoms with Crippen LogP contribution in [0.5, 0.6) is 0 Å². The van der Waals surface area contributed by atoms with Crippen molar-refractivity contribution in [2.24, 2.45) is 0 Å². The summed E-state index contributed by atoms with van der Waals surface area (Å²) in [5, 5.41) is 3.58. The van der Waals surface area contributed by atoms with Crippen LogP contribution >= 0.6 is 11.3 Å². The SMILES string of the molecule is CCN(CC)c1ccc(C(=O)Nc2nc3c(s2)CN(C)CC3)cn1. The fourth-order valence-corrected chi connectivity index (χ4v) is 3.88. The van der Waals surface area contributed by atoms with Crippen molar-refractivity contribution >= 4 is 28.2 Å². The number of carbonyl (C=O) groups excluding carboxylic acids is 1. The fraction of sp³-hybridized carbons (Fsp3) is 0.471. The number of aromatic nitrogens is 2. The molecule has 0 saturated heterocycles. The van der Waals surface area contributed by atoms with E-state index in [1.54, 1.807) is 17.5 Å². The number of fused-ring (bicyclic) bond motifs is 1. The molecule has 1 amide bonds. The number of nitrogens with zero attached hydrogens (tertiary/aromatic N) is 4. The van der Waals surface area contributed by atoms with E-state index in [0.717, 1.165) is 44.1 Å². The largest absolute Gasteiger partial charge is 0.357 e. The van der Waals surface area contributed by atoms with Gasteiger partial charge in [0, 0.05) is 43.7 Å². The van der Waals surface area contributed by atoms with Gasteiger partial charge in [0.2, 0.25) is 0 Å². The highest BCUT2D eigenvalue weighted by Crippen LogP contribution is 2.28. The van der Waals surface area contributed by atoms with E-state index in [4.69, 9.17) is 0 Å². The number of hydrogen-bond acceptors (Lipinski definition) is 6. The van der Waals surface area contributed by atoms with Gasteiger partial charge >= 0.3 is 0 Å². The minimum absolute atomic E-state index is 0.159. The van der Waals surface area contributed by atoms with Gasteiger partial charge in [0.1, 0.15) is 5.82 Å². The summed E-state index contributed by atoms with van der Waals surface area (Å²) in [5.41, 5.74) is 1.67. The summed E-state index contributed by atoms with van der Waals surface area (Å²) in [6.07, 6.45) is 2.57. The molecule has 0 saturated carbocycles. The standard InChI is InChI=1S/C17H23N5OS/c1-4-22(5-2)15-7-6-12(10-18-15)16(23)20-17-19-13-8-9-21(3)11-14(13)24-17/h6-7,10H,4-5,8-9,11H2,1-3H3,(H,19,20,23). The number of pyridine rings is 1. The molecule has 24 heavy (non-hydrogen) atoms. The van der Waals surface area contributed by atoms with Gasteiger partial charge in [-0.05, 0) is 33.0 Å². The summed E-state index contributed by atoms with van der Waals surface area (Å²) >= 11 is 1.56. The first-order chi connectivity index (χ1) is 11.6. The minimum atomic E-state index is -0.159. The Kier molecular flexibility index (Phi) is 5.11. The Morgan fingerprint density at radius 1 is 1.38 bits per heavy atom. The molecule has 0 radical (unpaired) electrons. The molecule has 0 aromatic carbocycles. The van der Waals surface area contributed by atoms with E-state index in [9.17, 15) is 4.79 Å². The number of thiazole rings is 1. The highest BCUT2D eigenvalue weighted by atomic mass is 32.1. The molecule has 0 fully saturated rings. The first kappa shape index (κ1) is 16.9. The van der Waals surface area contributed by atoms with Crippen LogP contribution < -0.4 is 10.2 Å². The lowest BCUT2D eigenvalue weighted by molar-refractivity contribution is 0.102. The lowest BCUT2D eigenvalue weighted by Gasteiger charge is -2.20. The van der Waals surface area contributed by atoms with E-state index in [2.05, 4.69) is 46.0 Å². The highest BCUT2D eigenvalue weighted by Gasteiger charge is 2.19. The lowest BCUT2D eigenvalue weighted by Crippen LogP contribution is -2.25. The smallest absolute Gasteiger partial charge is 0.259 e. The molecule has 0 aliphatic carbocycles. The third-order valence-electron chi connectivity index (χ3n) is 4.24. The number of hydrogen-bond donors (Lipinski definition) is 1. The maximum absolute atomic E-state index is 12.4. The summed E-state index contributed by atoms with van der Waals surface area (Å²) in [4.78, 5) is 27.0. The third kappa shape index (κ3) is 3.57. The van der Waals surface area contributed by atoms with Gasteiger partial charge in [0.05, 0.1) is 11.3 Å². The van der Waals surface area contributed by atoms with Crippen LogP contribution in [0, 0.1) is 0 Å². The van der Waals surface area contributed by atoms with Gasteiger partial charge in [0.15, 0.2) is 5.13 Å². The molecule has 2 aromatic heterocycles. The molecule has 1 aliphatic heterocycles. The van der Waals surface area contributed by atoms with Crippen LogP contribution in [0.25, 0.3) is 0 Å². The van der Waals surface area contributed by atoms with Crippen molar-refractivity contribution in [2.45, 2.75) is 26.8 Å². The molecule has 1 aliphatic rings. The van der Waals surface area contributed by atoms with Crippen LogP contribution in [0.3, 0.4) is 0 Å². The minimum Gasteiger partial charge on any atom is -0.357 e. The topological polar surface area (TPSA) is 61.4 Å². The predicted molar refractivity (Wildman–Crippen MR) is 97.9 cm³/mol. The van der Waals surface area contributed by atoms with Crippen molar-refractivity contribution in [1.29, 1.82) is 0 Å². The second-order valence-corrected chi connectivity index (χ2v) is 6.99. The van der Waals surface area contributed by atoms with Crippen LogP contribution in [0.2, 0.25) is 0 Å². The molecule has 7 heteroatoms. The van der Waals surface area contributed by atoms with E-state index < -0.39 is 0 Å². The zero-order valence-corrected chi connectivity index (χ0v) is 15.2. The highest BCUT2D eigenvalue weighted by molar-refractivity contribution is 7.15. The third-order valence-corrected chi connectivity index (χ3v) is 5.24. The first-order valence-corrected chi connectivity index (χ1v) is 9.11. The number of amides is 1. The second-order valence-electron chi connectivity index (χ2n) is 5.91. The molecule has 0 unspecified atom stereocenters. The Hall–Kier alpha value is -1.99. The predicted octanol–water partition coefficient (Wildman–Crippen LogP) is 2.62. The number of carbonyl (C=O) groups is 1. The van der Waals surface area contributed by atoms with Gasteiger partial charge in [-0.15, -0.1) is 11.3 Å². The Labute approximate surface area is 146 Å². The maximum Gasteiger partial charge on any atom is 0.259 e. The Morgan fingerprint density at radius 2 is 2.17 bits per heavy atom. The molecular weight excluding hydrogens is 322 g/mol. The van der Waals surface area contributed by atoms with Crippen molar-refractivity contribution in [1.82, 2.24) is 14.9 Å². The van der Waals surface area contributed by atoms with Gasteiger partial charge in [-0.25, -0.2) is 9.97 Å². The summed E-state index contributed by atoms with van der Waals surface area (Å²) < 4.78 is 0. The fourth-order valence-electron chi connectivity index (χ4n) is 2.80. The Balaban J connectivity index is 1.69. The molecule has 0 spiro atoms. The quantitative estimate of drug-likeness (QED) is 0.903. The van der Waals surface area contributed by atoms with E-state index in [1.807, 2.05) is 12.1 Å². The van der Waals surface area contributed by atoms with Gasteiger partial charge < -0.3 is 9.80 Å². The molecule has 3 heterocycles. The van der Waals surface area contributed by atoms with Crippen molar-refractivity contribution in [2.75, 3.05) is 36.9 Å². The monoisotopic (exact) mass is 345 g/mol. The van der Waals surface area contributed by atoms with Crippen molar-refractivity contribution in [3.05, 3.63) is 34.5 Å². The van der Waals surface area contributed by atoms with Gasteiger partial charge in [0.25, 0.3) is 5.91 Å². The van der Waals surface area contributed by atoms with Gasteiger partial charge in [-0.3, -0.25) is 10.1 Å². The average molecular weight is 345 g/mol. The molecule has 3 rings (SSSR count). The Morgan fingerprint density at radius 3 is 2.83 bits per heavy atom. The van der Waals surface area contributed by atoms with Crippen LogP contribution in [-0.2, 0) is 13.0 Å². The van der Waals surface area contributed by atoms with E-state index >= 15 is 0 Å². The molecular formula is C17H23N5OS. The first-order valence-electron chi connectivity index (χ1n) is 8.30. The van der Waals surface area contributed by atoms with Crippen LogP contribution in [-0.4, -0.2) is 47.5 Å². The number of nitrogens with one attached hydrogen (secondary N) is 1. The Bertz CT molecular complexity index is 708. The van der Waals surface area contributed by atoms with E-state index in [0.29, 0.717) is 10.7 Å². The van der Waals surface area contributed by atoms with Crippen molar-refractivity contribution in [3.8, 4) is 0 Å². The molecule has 6 nitrogen and oxygen atoms in total. The summed E-state index contributed by atoms with van der Waals surface area (Å²) in [6, 6.07) is 3.71. The van der Waals surface area contributed by atoms with Crippen molar-refractivity contribution in [3.63, 3.8) is 0 Å². The number of anilines is 2. The van der Waals surface area contributed by atoms with Crippen LogP contribution in [0.15, 0.2) is 18.3 Å². The molecule has 128 valence electrons. The van der Waals surface area contributed by atoms with Crippen LogP contribution in [0.4, 0.5) is 10.9 Å². The van der Waals surface area contributed by atoms with Gasteiger partial charge in [-0.1, -0.05) is 0 Å². The summed E-state index contributed by atoms with van der Waals surface area (Å²) in [7, 11) is 2.10. The van der Waals surface area contributed by atoms with Crippen LogP contribution in [0.1, 0.15) is 34.8 Å². The summed E-state index contributed by atoms with van der Waals surface area (Å²) in [6.45, 7) is 7.90. The van der Waals surface area contributed by atoms with E-state index in [-0.39, 0.29) is 5.91 Å². The maximum atomic E-state index is 12.4. The molecule has 1 N–H and O–H groups in total. The second kappa shape index (κ2) is 7.27. The number of rotatable bonds is 5. The average Bonchev–Trinajstić information content (AvgIpc) is 2.97. The van der Waals surface area contributed by atoms with Crippen molar-refractivity contribution < 1.29 is 4.79 Å². The molecule has 0 bridgehead atoms. The summed E-state index contributed by atoms with van der Waals surface area (Å²) in [5.74, 6) is 0.734. The lowest BCUT2D eigenvalue weighted by atomic mass is 10.2. The van der Waals surface area contributed by atoms with E-state index in [1.165, 1.54) is 4.88 Å². The molecule has 2 aromatic rings. The van der Waals surface area contributed by atoms with Gasteiger partial charge in [-0.2, -0.15) is 0 Å².